The Morgan fingerprint density at radius 3 is 2.50 bits per heavy atom. The number of allylic oxidation sites excluding steroid dienone is 2. The number of aliphatic hydroxyl groups excluding tert-OH is 1. The van der Waals surface area contributed by atoms with Gasteiger partial charge in [-0.3, -0.25) is 14.4 Å². The largest absolute Gasteiger partial charge is 0.464 e. The van der Waals surface area contributed by atoms with Crippen molar-refractivity contribution in [1.29, 1.82) is 0 Å². The fraction of sp³-hybridized carbons (Fsp3) is 0.667. The molecule has 0 heterocycles. The molecule has 0 aromatic carbocycles. The third-order valence-corrected chi connectivity index (χ3v) is 4.98. The lowest BCUT2D eigenvalue weighted by Crippen LogP contribution is -2.50. The third-order valence-electron chi connectivity index (χ3n) is 4.98. The van der Waals surface area contributed by atoms with Gasteiger partial charge in [0.05, 0.1) is 24.6 Å². The lowest BCUT2D eigenvalue weighted by atomic mass is 9.96. The van der Waals surface area contributed by atoms with Crippen LogP contribution >= 0.6 is 0 Å². The van der Waals surface area contributed by atoms with Gasteiger partial charge in [0.1, 0.15) is 6.61 Å². The molecule has 0 aromatic rings. The number of rotatable bonds is 14. The monoisotopic (exact) mass is 394 g/mol. The van der Waals surface area contributed by atoms with Crippen LogP contribution in [-0.4, -0.2) is 48.2 Å². The summed E-state index contributed by atoms with van der Waals surface area (Å²) in [4.78, 5) is 36.3. The molecule has 0 radical (unpaired) electrons. The zero-order valence-corrected chi connectivity index (χ0v) is 16.7. The van der Waals surface area contributed by atoms with Crippen LogP contribution in [0.25, 0.3) is 0 Å². The molecule has 0 saturated heterocycles. The van der Waals surface area contributed by atoms with Crippen molar-refractivity contribution in [3.63, 3.8) is 0 Å². The Labute approximate surface area is 167 Å². The van der Waals surface area contributed by atoms with Crippen molar-refractivity contribution in [3.8, 4) is 0 Å². The number of carbonyl (C=O) groups is 3. The van der Waals surface area contributed by atoms with E-state index in [1.807, 2.05) is 0 Å². The van der Waals surface area contributed by atoms with Crippen LogP contribution in [0.2, 0.25) is 0 Å². The number of amides is 2. The lowest BCUT2D eigenvalue weighted by molar-refractivity contribution is -0.144. The predicted molar refractivity (Wildman–Crippen MR) is 107 cm³/mol. The first kappa shape index (κ1) is 23.9. The zero-order chi connectivity index (χ0) is 20.8. The van der Waals surface area contributed by atoms with Crippen molar-refractivity contribution in [2.45, 2.75) is 63.3 Å². The number of nitrogens with one attached hydrogen (secondary N) is 2. The molecule has 0 aliphatic heterocycles. The molecule has 1 aliphatic carbocycles. The van der Waals surface area contributed by atoms with Crippen LogP contribution in [0.15, 0.2) is 25.3 Å². The number of hydrogen-bond donors (Lipinski definition) is 3. The van der Waals surface area contributed by atoms with Gasteiger partial charge in [0.25, 0.3) is 0 Å². The summed E-state index contributed by atoms with van der Waals surface area (Å²) in [7, 11) is 0. The first-order valence-electron chi connectivity index (χ1n) is 10.0. The molecule has 1 atom stereocenters. The Hall–Kier alpha value is -2.15. The first-order chi connectivity index (χ1) is 13.5. The molecule has 1 unspecified atom stereocenters. The van der Waals surface area contributed by atoms with Crippen molar-refractivity contribution < 1.29 is 24.2 Å². The highest BCUT2D eigenvalue weighted by atomic mass is 16.5. The minimum absolute atomic E-state index is 0.0287. The first-order valence-corrected chi connectivity index (χ1v) is 10.0. The Morgan fingerprint density at radius 2 is 1.89 bits per heavy atom. The Morgan fingerprint density at radius 1 is 1.18 bits per heavy atom. The normalized spacial score (nSPS) is 16.0. The standard InChI is InChI=1S/C21H34N2O5/c1-3-5-6-10-19(26)28-14-13-22-20(27)17(9-4-2)15-18(25)23-21(16-24)11-7-8-12-21/h3-4,17,24H,1-2,5-16H2,(H,22,27)(H,23,25). The van der Waals surface area contributed by atoms with Crippen LogP contribution in [0.3, 0.4) is 0 Å². The third kappa shape index (κ3) is 8.69. The molecule has 0 aromatic heterocycles. The van der Waals surface area contributed by atoms with Gasteiger partial charge in [0.15, 0.2) is 0 Å². The molecular formula is C21H34N2O5. The van der Waals surface area contributed by atoms with Gasteiger partial charge in [-0.05, 0) is 32.1 Å². The number of esters is 1. The second-order valence-corrected chi connectivity index (χ2v) is 7.31. The van der Waals surface area contributed by atoms with Gasteiger partial charge >= 0.3 is 5.97 Å². The molecule has 158 valence electrons. The number of carbonyl (C=O) groups excluding carboxylic acids is 3. The molecule has 3 N–H and O–H groups in total. The molecular weight excluding hydrogens is 360 g/mol. The van der Waals surface area contributed by atoms with Gasteiger partial charge in [0, 0.05) is 12.8 Å². The summed E-state index contributed by atoms with van der Waals surface area (Å²) < 4.78 is 5.06. The van der Waals surface area contributed by atoms with Crippen molar-refractivity contribution >= 4 is 17.8 Å². The maximum atomic E-state index is 12.4. The van der Waals surface area contributed by atoms with Crippen LogP contribution < -0.4 is 10.6 Å². The van der Waals surface area contributed by atoms with Gasteiger partial charge in [-0.1, -0.05) is 25.0 Å². The fourth-order valence-electron chi connectivity index (χ4n) is 3.38. The lowest BCUT2D eigenvalue weighted by Gasteiger charge is -2.28. The van der Waals surface area contributed by atoms with Crippen molar-refractivity contribution in [2.75, 3.05) is 19.8 Å². The zero-order valence-electron chi connectivity index (χ0n) is 16.7. The highest BCUT2D eigenvalue weighted by molar-refractivity contribution is 5.86. The molecule has 1 fully saturated rings. The molecule has 7 nitrogen and oxygen atoms in total. The van der Waals surface area contributed by atoms with Gasteiger partial charge in [-0.15, -0.1) is 13.2 Å². The molecule has 0 spiro atoms. The van der Waals surface area contributed by atoms with E-state index in [0.717, 1.165) is 32.1 Å². The average molecular weight is 395 g/mol. The van der Waals surface area contributed by atoms with E-state index in [-0.39, 0.29) is 44.0 Å². The van der Waals surface area contributed by atoms with Crippen LogP contribution in [-0.2, 0) is 19.1 Å². The molecule has 28 heavy (non-hydrogen) atoms. The number of hydrogen-bond acceptors (Lipinski definition) is 5. The highest BCUT2D eigenvalue weighted by Crippen LogP contribution is 2.29. The van der Waals surface area contributed by atoms with Crippen LogP contribution in [0, 0.1) is 5.92 Å². The molecule has 1 rings (SSSR count). The summed E-state index contributed by atoms with van der Waals surface area (Å²) in [6.45, 7) is 7.45. The van der Waals surface area contributed by atoms with Gasteiger partial charge < -0.3 is 20.5 Å². The van der Waals surface area contributed by atoms with E-state index in [1.54, 1.807) is 12.2 Å². The van der Waals surface area contributed by atoms with Gasteiger partial charge in [-0.2, -0.15) is 0 Å². The second-order valence-electron chi connectivity index (χ2n) is 7.31. The van der Waals surface area contributed by atoms with Crippen LogP contribution in [0.5, 0.6) is 0 Å². The van der Waals surface area contributed by atoms with Crippen molar-refractivity contribution in [1.82, 2.24) is 10.6 Å². The summed E-state index contributed by atoms with van der Waals surface area (Å²) >= 11 is 0. The van der Waals surface area contributed by atoms with E-state index in [9.17, 15) is 19.5 Å². The second kappa shape index (κ2) is 13.1. The Balaban J connectivity index is 2.37. The predicted octanol–water partition coefficient (Wildman–Crippen LogP) is 2.01. The maximum absolute atomic E-state index is 12.4. The van der Waals surface area contributed by atoms with E-state index >= 15 is 0 Å². The Bertz CT molecular complexity index is 541. The Kier molecular flexibility index (Phi) is 11.2. The van der Waals surface area contributed by atoms with Gasteiger partial charge in [0.2, 0.25) is 11.8 Å². The minimum atomic E-state index is -0.550. The summed E-state index contributed by atoms with van der Waals surface area (Å²) in [5, 5.41) is 15.2. The number of aliphatic hydroxyl groups is 1. The molecule has 2 amide bonds. The highest BCUT2D eigenvalue weighted by Gasteiger charge is 2.35. The van der Waals surface area contributed by atoms with Crippen LogP contribution in [0.4, 0.5) is 0 Å². The van der Waals surface area contributed by atoms with E-state index in [2.05, 4.69) is 23.8 Å². The van der Waals surface area contributed by atoms with Crippen molar-refractivity contribution in [2.24, 2.45) is 5.92 Å². The van der Waals surface area contributed by atoms with E-state index in [1.165, 1.54) is 0 Å². The SMILES string of the molecule is C=CCCCC(=O)OCCNC(=O)C(CC=C)CC(=O)NC1(CO)CCCC1. The molecule has 1 saturated carbocycles. The average Bonchev–Trinajstić information content (AvgIpc) is 3.13. The van der Waals surface area contributed by atoms with E-state index in [0.29, 0.717) is 19.3 Å². The topological polar surface area (TPSA) is 105 Å². The smallest absolute Gasteiger partial charge is 0.305 e. The quantitative estimate of drug-likeness (QED) is 0.237. The number of unbranched alkanes of at least 4 members (excludes halogenated alkanes) is 1. The van der Waals surface area contributed by atoms with Crippen LogP contribution in [0.1, 0.15) is 57.8 Å². The number of ether oxygens (including phenoxy) is 1. The maximum Gasteiger partial charge on any atom is 0.305 e. The summed E-state index contributed by atoms with van der Waals surface area (Å²) in [6, 6.07) is 0. The fourth-order valence-corrected chi connectivity index (χ4v) is 3.38. The summed E-state index contributed by atoms with van der Waals surface area (Å²) in [5.41, 5.74) is -0.550. The summed E-state index contributed by atoms with van der Waals surface area (Å²) in [6.07, 6.45) is 8.99. The van der Waals surface area contributed by atoms with Crippen molar-refractivity contribution in [3.05, 3.63) is 25.3 Å². The summed E-state index contributed by atoms with van der Waals surface area (Å²) in [5.74, 6) is -1.37. The van der Waals surface area contributed by atoms with E-state index in [4.69, 9.17) is 4.74 Å². The minimum Gasteiger partial charge on any atom is -0.464 e. The molecule has 0 bridgehead atoms. The van der Waals surface area contributed by atoms with Gasteiger partial charge in [-0.25, -0.2) is 0 Å². The molecule has 7 heteroatoms. The molecule has 1 aliphatic rings. The van der Waals surface area contributed by atoms with E-state index < -0.39 is 11.5 Å².